The number of carbonyl (C=O) groups is 2. The van der Waals surface area contributed by atoms with E-state index in [0.717, 1.165) is 10.9 Å². The number of aryl methyl sites for hydroxylation is 2. The third kappa shape index (κ3) is 3.90. The number of fused-ring (bicyclic) bond motifs is 3. The van der Waals surface area contributed by atoms with Crippen LogP contribution >= 0.6 is 0 Å². The Morgan fingerprint density at radius 1 is 1.38 bits per heavy atom. The van der Waals surface area contributed by atoms with E-state index in [2.05, 4.69) is 15.5 Å². The standard InChI is InChI=1S/C20H23N5O4/c1-11-17-18(24-23-11)14-9-13(10-15(20(28)29-3)22-12(2)26)5-6-16(14)25(19(17)27)8-4-7-21/h5-6,9-10H,4,7-8,21H2,1-3H3,(H,22,26)(H,23,24)/b15-10+. The highest BCUT2D eigenvalue weighted by Crippen LogP contribution is 2.25. The molecule has 1 amide bonds. The zero-order chi connectivity index (χ0) is 21.1. The fourth-order valence-electron chi connectivity index (χ4n) is 3.28. The number of amides is 1. The molecule has 0 saturated carbocycles. The Kier molecular flexibility index (Phi) is 5.79. The number of aromatic nitrogens is 3. The van der Waals surface area contributed by atoms with Crippen molar-refractivity contribution in [1.82, 2.24) is 20.1 Å². The van der Waals surface area contributed by atoms with Crippen LogP contribution in [0.1, 0.15) is 24.6 Å². The summed E-state index contributed by atoms with van der Waals surface area (Å²) in [6.45, 7) is 4.06. The molecular formula is C20H23N5O4. The average Bonchev–Trinajstić information content (AvgIpc) is 3.08. The van der Waals surface area contributed by atoms with Crippen molar-refractivity contribution in [3.63, 3.8) is 0 Å². The largest absolute Gasteiger partial charge is 0.464 e. The molecule has 4 N–H and O–H groups in total. The molecule has 0 atom stereocenters. The van der Waals surface area contributed by atoms with Gasteiger partial charge in [-0.05, 0) is 43.7 Å². The van der Waals surface area contributed by atoms with E-state index in [4.69, 9.17) is 10.5 Å². The molecule has 2 aromatic heterocycles. The minimum absolute atomic E-state index is 0.0188. The van der Waals surface area contributed by atoms with Crippen molar-refractivity contribution in [3.8, 4) is 0 Å². The number of carbonyl (C=O) groups excluding carboxylic acids is 2. The van der Waals surface area contributed by atoms with Gasteiger partial charge in [0.15, 0.2) is 0 Å². The van der Waals surface area contributed by atoms with E-state index in [-0.39, 0.29) is 17.2 Å². The number of rotatable bonds is 6. The number of ether oxygens (including phenoxy) is 1. The van der Waals surface area contributed by atoms with Crippen molar-refractivity contribution >= 4 is 39.8 Å². The van der Waals surface area contributed by atoms with Crippen LogP contribution < -0.4 is 16.6 Å². The molecule has 0 bridgehead atoms. The molecule has 0 fully saturated rings. The van der Waals surface area contributed by atoms with Crippen molar-refractivity contribution in [2.45, 2.75) is 26.8 Å². The van der Waals surface area contributed by atoms with Crippen LogP contribution in [0.2, 0.25) is 0 Å². The molecule has 1 aromatic carbocycles. The second-order valence-electron chi connectivity index (χ2n) is 6.68. The number of H-pyrrole nitrogens is 1. The lowest BCUT2D eigenvalue weighted by molar-refractivity contribution is -0.137. The molecule has 2 heterocycles. The Bertz CT molecular complexity index is 1190. The van der Waals surface area contributed by atoms with Crippen LogP contribution in [0.15, 0.2) is 28.7 Å². The van der Waals surface area contributed by atoms with Gasteiger partial charge in [0.25, 0.3) is 5.56 Å². The Morgan fingerprint density at radius 3 is 2.79 bits per heavy atom. The zero-order valence-electron chi connectivity index (χ0n) is 16.5. The maximum atomic E-state index is 13.0. The first kappa shape index (κ1) is 20.3. The van der Waals surface area contributed by atoms with E-state index in [1.54, 1.807) is 23.6 Å². The molecule has 0 radical (unpaired) electrons. The topological polar surface area (TPSA) is 132 Å². The molecule has 0 aliphatic carbocycles. The molecular weight excluding hydrogens is 374 g/mol. The number of nitrogens with two attached hydrogens (primary N) is 1. The average molecular weight is 397 g/mol. The summed E-state index contributed by atoms with van der Waals surface area (Å²) in [7, 11) is 1.24. The van der Waals surface area contributed by atoms with Crippen molar-refractivity contribution in [2.24, 2.45) is 5.73 Å². The van der Waals surface area contributed by atoms with Gasteiger partial charge in [0.2, 0.25) is 5.91 Å². The van der Waals surface area contributed by atoms with Crippen molar-refractivity contribution in [2.75, 3.05) is 13.7 Å². The first-order valence-corrected chi connectivity index (χ1v) is 9.16. The normalized spacial score (nSPS) is 11.8. The zero-order valence-corrected chi connectivity index (χ0v) is 16.5. The highest BCUT2D eigenvalue weighted by molar-refractivity contribution is 6.05. The Hall–Kier alpha value is -3.46. The summed E-state index contributed by atoms with van der Waals surface area (Å²) in [5, 5.41) is 10.9. The van der Waals surface area contributed by atoms with Gasteiger partial charge in [0.05, 0.1) is 18.0 Å². The number of methoxy groups -OCH3 is 1. The molecule has 3 rings (SSSR count). The first-order valence-electron chi connectivity index (χ1n) is 9.16. The molecule has 9 heteroatoms. The number of pyridine rings is 1. The quantitative estimate of drug-likeness (QED) is 0.423. The maximum Gasteiger partial charge on any atom is 0.354 e. The number of benzene rings is 1. The Balaban J connectivity index is 2.26. The third-order valence-electron chi connectivity index (χ3n) is 4.59. The van der Waals surface area contributed by atoms with Crippen LogP contribution in [-0.2, 0) is 20.9 Å². The van der Waals surface area contributed by atoms with Crippen molar-refractivity contribution in [1.29, 1.82) is 0 Å². The maximum absolute atomic E-state index is 13.0. The summed E-state index contributed by atoms with van der Waals surface area (Å²) < 4.78 is 6.42. The fraction of sp³-hybridized carbons (Fsp3) is 0.300. The van der Waals surface area contributed by atoms with E-state index >= 15 is 0 Å². The highest BCUT2D eigenvalue weighted by atomic mass is 16.5. The van der Waals surface area contributed by atoms with Gasteiger partial charge in [0.1, 0.15) is 11.2 Å². The van der Waals surface area contributed by atoms with Gasteiger partial charge in [-0.1, -0.05) is 6.07 Å². The van der Waals surface area contributed by atoms with E-state index in [9.17, 15) is 14.4 Å². The third-order valence-corrected chi connectivity index (χ3v) is 4.59. The minimum Gasteiger partial charge on any atom is -0.464 e. The Labute approximate surface area is 166 Å². The van der Waals surface area contributed by atoms with Crippen molar-refractivity contribution in [3.05, 3.63) is 45.5 Å². The van der Waals surface area contributed by atoms with Gasteiger partial charge in [-0.15, -0.1) is 0 Å². The highest BCUT2D eigenvalue weighted by Gasteiger charge is 2.16. The molecule has 0 aliphatic heterocycles. The number of hydrogen-bond donors (Lipinski definition) is 3. The predicted molar refractivity (Wildman–Crippen MR) is 110 cm³/mol. The van der Waals surface area contributed by atoms with Gasteiger partial charge >= 0.3 is 5.97 Å². The smallest absolute Gasteiger partial charge is 0.354 e. The van der Waals surface area contributed by atoms with Gasteiger partial charge in [-0.25, -0.2) is 4.79 Å². The van der Waals surface area contributed by atoms with E-state index < -0.39 is 5.97 Å². The van der Waals surface area contributed by atoms with Gasteiger partial charge < -0.3 is 20.4 Å². The van der Waals surface area contributed by atoms with Gasteiger partial charge in [0, 0.05) is 24.5 Å². The number of nitrogens with zero attached hydrogens (tertiary/aromatic N) is 2. The van der Waals surface area contributed by atoms with Crippen LogP contribution in [0.3, 0.4) is 0 Å². The van der Waals surface area contributed by atoms with Crippen LogP contribution in [-0.4, -0.2) is 40.3 Å². The monoisotopic (exact) mass is 397 g/mol. The van der Waals surface area contributed by atoms with Crippen molar-refractivity contribution < 1.29 is 14.3 Å². The second kappa shape index (κ2) is 8.27. The summed E-state index contributed by atoms with van der Waals surface area (Å²) in [5.41, 5.74) is 8.14. The number of esters is 1. The molecule has 29 heavy (non-hydrogen) atoms. The molecule has 152 valence electrons. The summed E-state index contributed by atoms with van der Waals surface area (Å²) in [4.78, 5) is 36.4. The molecule has 0 aliphatic rings. The molecule has 0 saturated heterocycles. The predicted octanol–water partition coefficient (Wildman–Crippen LogP) is 1.19. The molecule has 3 aromatic rings. The lowest BCUT2D eigenvalue weighted by Gasteiger charge is -2.12. The van der Waals surface area contributed by atoms with Crippen LogP contribution in [0.25, 0.3) is 27.9 Å². The molecule has 0 spiro atoms. The van der Waals surface area contributed by atoms with Crippen LogP contribution in [0.4, 0.5) is 0 Å². The van der Waals surface area contributed by atoms with E-state index in [0.29, 0.717) is 41.7 Å². The summed E-state index contributed by atoms with van der Waals surface area (Å²) >= 11 is 0. The van der Waals surface area contributed by atoms with Gasteiger partial charge in [-0.3, -0.25) is 14.7 Å². The van der Waals surface area contributed by atoms with Gasteiger partial charge in [-0.2, -0.15) is 5.10 Å². The number of nitrogens with one attached hydrogen (secondary N) is 2. The summed E-state index contributed by atoms with van der Waals surface area (Å²) in [5.74, 6) is -1.04. The van der Waals surface area contributed by atoms with E-state index in [1.807, 2.05) is 6.07 Å². The molecule has 0 unspecified atom stereocenters. The lowest BCUT2D eigenvalue weighted by Crippen LogP contribution is -2.25. The first-order chi connectivity index (χ1) is 13.9. The SMILES string of the molecule is COC(=O)/C(=C\c1ccc2c(c1)c1n[nH]c(C)c1c(=O)n2CCCN)NC(C)=O. The van der Waals surface area contributed by atoms with Crippen LogP contribution in [0.5, 0.6) is 0 Å². The summed E-state index contributed by atoms with van der Waals surface area (Å²) in [6.07, 6.45) is 2.18. The lowest BCUT2D eigenvalue weighted by atomic mass is 10.1. The number of hydrogen-bond acceptors (Lipinski definition) is 6. The van der Waals surface area contributed by atoms with E-state index in [1.165, 1.54) is 20.1 Å². The fourth-order valence-corrected chi connectivity index (χ4v) is 3.28. The number of aromatic amines is 1. The second-order valence-corrected chi connectivity index (χ2v) is 6.68. The Morgan fingerprint density at radius 2 is 2.14 bits per heavy atom. The molecule has 9 nitrogen and oxygen atoms in total. The summed E-state index contributed by atoms with van der Waals surface area (Å²) in [6, 6.07) is 5.38. The minimum atomic E-state index is -0.658. The van der Waals surface area contributed by atoms with Crippen LogP contribution in [0, 0.1) is 6.92 Å².